The summed E-state index contributed by atoms with van der Waals surface area (Å²) in [7, 11) is 0.00229. The first kappa shape index (κ1) is 34.5. The molecule has 0 amide bonds. The molecule has 0 aromatic heterocycles. The van der Waals surface area contributed by atoms with Crippen molar-refractivity contribution >= 4 is 8.61 Å². The van der Waals surface area contributed by atoms with Gasteiger partial charge in [-0.3, -0.25) is 4.57 Å². The molecule has 0 aliphatic carbocycles. The Labute approximate surface area is 255 Å². The van der Waals surface area contributed by atoms with Crippen LogP contribution < -0.4 is 5.09 Å². The van der Waals surface area contributed by atoms with E-state index in [1.807, 2.05) is 20.4 Å². The van der Waals surface area contributed by atoms with Gasteiger partial charge in [0.25, 0.3) is 0 Å². The molecule has 1 aromatic carbocycles. The second-order valence-electron chi connectivity index (χ2n) is 6.06. The van der Waals surface area contributed by atoms with E-state index < -0.39 is 11.7 Å². The SMILES string of the molecule is CC(C)c1ccc(C(F)(F)F)cc1.O=PN[CH-]CN1CCCCC1.[Ar].[Ar].[Pr]. The van der Waals surface area contributed by atoms with Crippen molar-refractivity contribution in [3.05, 3.63) is 41.9 Å². The topological polar surface area (TPSA) is 32.3 Å². The molecule has 0 bridgehead atoms. The Balaban J connectivity index is -0.000000388. The van der Waals surface area contributed by atoms with Gasteiger partial charge in [-0.1, -0.05) is 32.4 Å². The smallest absolute Gasteiger partial charge is 0.386 e. The summed E-state index contributed by atoms with van der Waals surface area (Å²) >= 11 is 0. The third kappa shape index (κ3) is 16.2. The van der Waals surface area contributed by atoms with E-state index in [0.717, 1.165) is 24.2 Å². The van der Waals surface area contributed by atoms with Crippen LogP contribution in [0.25, 0.3) is 0 Å². The third-order valence-electron chi connectivity index (χ3n) is 3.85. The standard InChI is InChI=1S/C10H11F3.C7H14N2OP.2Ar.Pr/c1-7(2)8-3-5-9(6-4-8)10(11,12)13;10-11-8-4-7-9-5-2-1-3-6-9;;;/h3-7H,1-2H3;4H,1-3,5-7H2,(H,8,10);;;/q;-1;;;. The fourth-order valence-corrected chi connectivity index (χ4v) is 2.56. The molecule has 1 fully saturated rings. The molecule has 1 saturated heterocycles. The van der Waals surface area contributed by atoms with Crippen LogP contribution in [0.3, 0.4) is 0 Å². The Morgan fingerprint density at radius 2 is 1.63 bits per heavy atom. The van der Waals surface area contributed by atoms with Crippen LogP contribution in [0.4, 0.5) is 13.2 Å². The number of hydrogen-bond donors (Lipinski definition) is 1. The van der Waals surface area contributed by atoms with Crippen molar-refractivity contribution in [3.8, 4) is 0 Å². The first-order valence-corrected chi connectivity index (χ1v) is 8.95. The molecular weight excluding hydrogens is 557 g/mol. The van der Waals surface area contributed by atoms with E-state index in [1.54, 1.807) is 0 Å². The van der Waals surface area contributed by atoms with Crippen molar-refractivity contribution in [2.45, 2.75) is 45.2 Å². The maximum absolute atomic E-state index is 12.1. The zero-order valence-electron chi connectivity index (χ0n) is 15.4. The maximum atomic E-state index is 12.1. The van der Waals surface area contributed by atoms with Crippen LogP contribution in [-0.2, 0) is 10.7 Å². The third-order valence-corrected chi connectivity index (χ3v) is 4.13. The zero-order chi connectivity index (χ0) is 18.0. The van der Waals surface area contributed by atoms with Crippen LogP contribution in [-0.4, -0.2) is 24.5 Å². The first-order chi connectivity index (χ1) is 11.3. The minimum Gasteiger partial charge on any atom is -0.386 e. The number of benzene rings is 1. The Morgan fingerprint density at radius 3 is 2.04 bits per heavy atom. The van der Waals surface area contributed by atoms with E-state index in [0.29, 0.717) is 0 Å². The molecule has 27 heavy (non-hydrogen) atoms. The van der Waals surface area contributed by atoms with Gasteiger partial charge in [-0.25, -0.2) is 6.54 Å². The molecule has 1 aromatic rings. The van der Waals surface area contributed by atoms with Crippen molar-refractivity contribution in [2.24, 2.45) is 0 Å². The van der Waals surface area contributed by atoms with Gasteiger partial charge in [0.15, 0.2) is 0 Å². The van der Waals surface area contributed by atoms with Crippen molar-refractivity contribution in [1.29, 1.82) is 0 Å². The van der Waals surface area contributed by atoms with Crippen LogP contribution in [0.5, 0.6) is 0 Å². The number of rotatable bonds is 5. The van der Waals surface area contributed by atoms with E-state index >= 15 is 0 Å². The van der Waals surface area contributed by atoms with E-state index in [1.165, 1.54) is 44.5 Å². The van der Waals surface area contributed by atoms with Gasteiger partial charge < -0.3 is 9.99 Å². The van der Waals surface area contributed by atoms with Gasteiger partial charge >= 0.3 is 6.18 Å². The fourth-order valence-electron chi connectivity index (χ4n) is 2.41. The molecular formula is C17H25Ar2F3N2OPPr-. The number of likely N-dealkylation sites (tertiary alicyclic amines) is 1. The summed E-state index contributed by atoms with van der Waals surface area (Å²) in [6.07, 6.45) is -0.245. The quantitative estimate of drug-likeness (QED) is 0.293. The van der Waals surface area contributed by atoms with Gasteiger partial charge in [0.1, 0.15) is 0 Å². The molecule has 3 nitrogen and oxygen atoms in total. The van der Waals surface area contributed by atoms with Gasteiger partial charge in [0.2, 0.25) is 8.61 Å². The molecule has 0 saturated carbocycles. The molecule has 1 radical (unpaired) electrons. The van der Waals surface area contributed by atoms with E-state index in [-0.39, 0.29) is 131 Å². The largest absolute Gasteiger partial charge is 0.416 e. The number of halogens is 3. The fraction of sp³-hybridized carbons (Fsp3) is 0.588. The molecule has 1 heterocycles. The Bertz CT molecular complexity index is 488. The van der Waals surface area contributed by atoms with Crippen molar-refractivity contribution in [2.75, 3.05) is 19.6 Å². The predicted octanol–water partition coefficient (Wildman–Crippen LogP) is 5.26. The van der Waals surface area contributed by atoms with Gasteiger partial charge in [0, 0.05) is 117 Å². The number of piperidine rings is 1. The molecule has 2 rings (SSSR count). The summed E-state index contributed by atoms with van der Waals surface area (Å²) in [5.41, 5.74) is 0.338. The summed E-state index contributed by atoms with van der Waals surface area (Å²) in [6.45, 7) is 9.03. The molecule has 1 aliphatic heterocycles. The molecule has 0 atom stereocenters. The van der Waals surface area contributed by atoms with Gasteiger partial charge in [-0.15, -0.1) is 6.54 Å². The summed E-state index contributed by atoms with van der Waals surface area (Å²) in [5.74, 6) is 0.266. The Hall–Kier alpha value is 2.91. The number of hydrogen-bond acceptors (Lipinski definition) is 2. The average molecular weight is 582 g/mol. The zero-order valence-corrected chi connectivity index (χ0v) is 21.4. The monoisotopic (exact) mass is 582 g/mol. The minimum absolute atomic E-state index is 0. The first-order valence-electron chi connectivity index (χ1n) is 8.13. The molecule has 0 unspecified atom stereocenters. The van der Waals surface area contributed by atoms with Crippen LogP contribution in [0.15, 0.2) is 24.3 Å². The predicted molar refractivity (Wildman–Crippen MR) is 90.9 cm³/mol. The van der Waals surface area contributed by atoms with Crippen LogP contribution >= 0.6 is 8.61 Å². The number of alkyl halides is 3. The van der Waals surface area contributed by atoms with Gasteiger partial charge in [-0.2, -0.15) is 13.2 Å². The Morgan fingerprint density at radius 1 is 1.11 bits per heavy atom. The maximum Gasteiger partial charge on any atom is 0.416 e. The Kier molecular flexibility index (Phi) is 25.0. The summed E-state index contributed by atoms with van der Waals surface area (Å²) in [4.78, 5) is 2.36. The van der Waals surface area contributed by atoms with E-state index in [2.05, 4.69) is 9.99 Å². The van der Waals surface area contributed by atoms with Gasteiger partial charge in [-0.05, 0) is 49.5 Å². The summed E-state index contributed by atoms with van der Waals surface area (Å²) in [5, 5.41) is 2.65. The van der Waals surface area contributed by atoms with Gasteiger partial charge in [0.05, 0.1) is 5.56 Å². The summed E-state index contributed by atoms with van der Waals surface area (Å²) < 4.78 is 46.3. The summed E-state index contributed by atoms with van der Waals surface area (Å²) in [6, 6.07) is 5.28. The van der Waals surface area contributed by atoms with Crippen molar-refractivity contribution < 1.29 is 135 Å². The molecule has 1 aliphatic rings. The second-order valence-corrected chi connectivity index (χ2v) is 6.50. The van der Waals surface area contributed by atoms with Crippen LogP contribution in [0.2, 0.25) is 0 Å². The number of nitrogens with one attached hydrogen (secondary N) is 1. The molecule has 155 valence electrons. The molecule has 1 N–H and O–H groups in total. The molecule has 10 heteroatoms. The number of nitrogens with zero attached hydrogens (tertiary/aromatic N) is 1. The molecule has 0 spiro atoms. The average Bonchev–Trinajstić information content (AvgIpc) is 2.56. The van der Waals surface area contributed by atoms with E-state index in [4.69, 9.17) is 0 Å². The van der Waals surface area contributed by atoms with Crippen molar-refractivity contribution in [1.82, 2.24) is 9.99 Å². The normalized spacial score (nSPS) is 14.3. The van der Waals surface area contributed by atoms with E-state index in [9.17, 15) is 17.7 Å². The van der Waals surface area contributed by atoms with Crippen molar-refractivity contribution in [3.63, 3.8) is 0 Å². The van der Waals surface area contributed by atoms with Crippen LogP contribution in [0.1, 0.15) is 50.2 Å². The van der Waals surface area contributed by atoms with Crippen LogP contribution in [0, 0.1) is 123 Å². The minimum atomic E-state index is -4.23. The second kappa shape index (κ2) is 19.6.